The van der Waals surface area contributed by atoms with Crippen molar-refractivity contribution >= 4 is 29.9 Å². The maximum atomic E-state index is 5.99. The molecule has 5 aliphatic rings. The molecule has 3 unspecified atom stereocenters. The Morgan fingerprint density at radius 2 is 1.85 bits per heavy atom. The average Bonchev–Trinajstić information content (AvgIpc) is 3.21. The van der Waals surface area contributed by atoms with Crippen LogP contribution in [0.25, 0.3) is 0 Å². The van der Waals surface area contributed by atoms with Crippen molar-refractivity contribution < 1.29 is 9.47 Å². The van der Waals surface area contributed by atoms with Crippen LogP contribution in [0.2, 0.25) is 0 Å². The molecule has 150 valence electrons. The van der Waals surface area contributed by atoms with Gasteiger partial charge in [-0.2, -0.15) is 0 Å². The predicted molar refractivity (Wildman–Crippen MR) is 113 cm³/mol. The molecule has 0 aliphatic carbocycles. The van der Waals surface area contributed by atoms with E-state index in [9.17, 15) is 0 Å². The van der Waals surface area contributed by atoms with Crippen molar-refractivity contribution in [2.75, 3.05) is 72.1 Å². The maximum absolute atomic E-state index is 5.99. The summed E-state index contributed by atoms with van der Waals surface area (Å²) >= 11 is 0. The topological polar surface area (TPSA) is 52.6 Å². The van der Waals surface area contributed by atoms with Crippen molar-refractivity contribution in [3.63, 3.8) is 0 Å². The quantitative estimate of drug-likeness (QED) is 0.359. The van der Waals surface area contributed by atoms with E-state index in [1.165, 1.54) is 32.7 Å². The van der Waals surface area contributed by atoms with Crippen LogP contribution in [0.5, 0.6) is 0 Å². The van der Waals surface area contributed by atoms with Crippen molar-refractivity contribution in [3.05, 3.63) is 0 Å². The van der Waals surface area contributed by atoms with Crippen LogP contribution in [0.1, 0.15) is 19.8 Å². The molecule has 5 rings (SSSR count). The van der Waals surface area contributed by atoms with E-state index in [0.717, 1.165) is 58.2 Å². The highest BCUT2D eigenvalue weighted by molar-refractivity contribution is 14.0. The standard InChI is InChI=1S/C18H33N5O2.HI/c1-2-19-18(20-12-15-13-21-5-7-22(15)8-6-21)23-9-11-25-17(14-23)16-4-3-10-24-16;/h15-17H,2-14H2,1H3,(H,19,20);1H. The third-order valence-electron chi connectivity index (χ3n) is 5.95. The molecule has 5 heterocycles. The zero-order valence-corrected chi connectivity index (χ0v) is 18.3. The van der Waals surface area contributed by atoms with Crippen LogP contribution in [0.3, 0.4) is 0 Å². The fraction of sp³-hybridized carbons (Fsp3) is 0.944. The molecule has 7 nitrogen and oxygen atoms in total. The van der Waals surface area contributed by atoms with Gasteiger partial charge in [0.1, 0.15) is 6.10 Å². The summed E-state index contributed by atoms with van der Waals surface area (Å²) in [7, 11) is 0. The van der Waals surface area contributed by atoms with Crippen molar-refractivity contribution in [3.8, 4) is 0 Å². The van der Waals surface area contributed by atoms with E-state index >= 15 is 0 Å². The minimum Gasteiger partial charge on any atom is -0.375 e. The Morgan fingerprint density at radius 3 is 2.50 bits per heavy atom. The van der Waals surface area contributed by atoms with Crippen LogP contribution in [0, 0.1) is 0 Å². The molecule has 0 aromatic heterocycles. The van der Waals surface area contributed by atoms with Gasteiger partial charge in [-0.25, -0.2) is 0 Å². The molecule has 5 aliphatic heterocycles. The number of nitrogens with one attached hydrogen (secondary N) is 1. The van der Waals surface area contributed by atoms with Gasteiger partial charge >= 0.3 is 0 Å². The number of fused-ring (bicyclic) bond motifs is 3. The molecule has 0 amide bonds. The van der Waals surface area contributed by atoms with Gasteiger partial charge in [-0.05, 0) is 19.8 Å². The first-order valence-electron chi connectivity index (χ1n) is 10.1. The van der Waals surface area contributed by atoms with E-state index in [4.69, 9.17) is 14.5 Å². The zero-order chi connectivity index (χ0) is 17.1. The van der Waals surface area contributed by atoms with Gasteiger partial charge in [-0.3, -0.25) is 14.8 Å². The number of morpholine rings is 1. The van der Waals surface area contributed by atoms with E-state index < -0.39 is 0 Å². The van der Waals surface area contributed by atoms with Crippen molar-refractivity contribution in [1.29, 1.82) is 0 Å². The number of halogens is 1. The van der Waals surface area contributed by atoms with Crippen molar-refractivity contribution in [2.45, 2.75) is 38.0 Å². The van der Waals surface area contributed by atoms with Gasteiger partial charge in [0.15, 0.2) is 5.96 Å². The first kappa shape index (κ1) is 20.6. The van der Waals surface area contributed by atoms with Gasteiger partial charge in [0.25, 0.3) is 0 Å². The smallest absolute Gasteiger partial charge is 0.194 e. The first-order chi connectivity index (χ1) is 12.3. The molecule has 3 atom stereocenters. The Labute approximate surface area is 174 Å². The summed E-state index contributed by atoms with van der Waals surface area (Å²) in [5.41, 5.74) is 0. The number of rotatable bonds is 4. The molecular formula is C18H34IN5O2. The van der Waals surface area contributed by atoms with Gasteiger partial charge in [-0.1, -0.05) is 0 Å². The Balaban J connectivity index is 0.00000196. The summed E-state index contributed by atoms with van der Waals surface area (Å²) in [6.45, 7) is 13.4. The molecule has 0 aromatic rings. The number of guanidine groups is 1. The molecule has 8 heteroatoms. The van der Waals surface area contributed by atoms with E-state index in [2.05, 4.69) is 26.9 Å². The fourth-order valence-electron chi connectivity index (χ4n) is 4.50. The summed E-state index contributed by atoms with van der Waals surface area (Å²) in [6, 6.07) is 0.575. The summed E-state index contributed by atoms with van der Waals surface area (Å²) < 4.78 is 11.8. The number of aliphatic imine (C=N–C) groups is 1. The van der Waals surface area contributed by atoms with Gasteiger partial charge < -0.3 is 19.7 Å². The van der Waals surface area contributed by atoms with E-state index in [-0.39, 0.29) is 36.2 Å². The second kappa shape index (κ2) is 9.86. The molecule has 2 bridgehead atoms. The lowest BCUT2D eigenvalue weighted by Crippen LogP contribution is -2.62. The largest absolute Gasteiger partial charge is 0.375 e. The summed E-state index contributed by atoms with van der Waals surface area (Å²) in [4.78, 5) is 12.6. The molecule has 1 N–H and O–H groups in total. The third-order valence-corrected chi connectivity index (χ3v) is 5.95. The lowest BCUT2D eigenvalue weighted by molar-refractivity contribution is -0.0817. The second-order valence-electron chi connectivity index (χ2n) is 7.59. The fourth-order valence-corrected chi connectivity index (χ4v) is 4.50. The molecule has 0 radical (unpaired) electrons. The number of hydrogen-bond acceptors (Lipinski definition) is 5. The zero-order valence-electron chi connectivity index (χ0n) is 15.9. The monoisotopic (exact) mass is 479 g/mol. The minimum atomic E-state index is 0. The Morgan fingerprint density at radius 1 is 1.04 bits per heavy atom. The maximum Gasteiger partial charge on any atom is 0.194 e. The van der Waals surface area contributed by atoms with Crippen LogP contribution in [0.4, 0.5) is 0 Å². The predicted octanol–water partition coefficient (Wildman–Crippen LogP) is 0.450. The number of piperazine rings is 3. The third kappa shape index (κ3) is 4.81. The molecule has 0 spiro atoms. The second-order valence-corrected chi connectivity index (χ2v) is 7.59. The highest BCUT2D eigenvalue weighted by atomic mass is 127. The summed E-state index contributed by atoms with van der Waals surface area (Å²) in [5, 5.41) is 3.49. The van der Waals surface area contributed by atoms with Gasteiger partial charge in [-0.15, -0.1) is 24.0 Å². The van der Waals surface area contributed by atoms with E-state index in [1.807, 2.05) is 0 Å². The average molecular weight is 479 g/mol. The number of ether oxygens (including phenoxy) is 2. The van der Waals surface area contributed by atoms with Gasteiger partial charge in [0, 0.05) is 65.0 Å². The normalized spacial score (nSPS) is 37.5. The van der Waals surface area contributed by atoms with E-state index in [0.29, 0.717) is 6.04 Å². The molecule has 0 saturated carbocycles. The molecule has 0 aromatic carbocycles. The molecule has 26 heavy (non-hydrogen) atoms. The van der Waals surface area contributed by atoms with Crippen molar-refractivity contribution in [2.24, 2.45) is 4.99 Å². The summed E-state index contributed by atoms with van der Waals surface area (Å²) in [6.07, 6.45) is 2.73. The van der Waals surface area contributed by atoms with Crippen LogP contribution < -0.4 is 5.32 Å². The Bertz CT molecular complexity index is 466. The lowest BCUT2D eigenvalue weighted by atomic mass is 10.1. The molecule has 5 saturated heterocycles. The van der Waals surface area contributed by atoms with Crippen LogP contribution in [0.15, 0.2) is 4.99 Å². The Hall–Kier alpha value is -0.160. The molecular weight excluding hydrogens is 445 g/mol. The van der Waals surface area contributed by atoms with Crippen LogP contribution >= 0.6 is 24.0 Å². The van der Waals surface area contributed by atoms with Gasteiger partial charge in [0.05, 0.1) is 19.3 Å². The first-order valence-corrected chi connectivity index (χ1v) is 10.1. The van der Waals surface area contributed by atoms with Crippen molar-refractivity contribution in [1.82, 2.24) is 20.0 Å². The van der Waals surface area contributed by atoms with Crippen LogP contribution in [-0.4, -0.2) is 111 Å². The highest BCUT2D eigenvalue weighted by Crippen LogP contribution is 2.21. The Kier molecular flexibility index (Phi) is 7.80. The highest BCUT2D eigenvalue weighted by Gasteiger charge is 2.34. The molecule has 5 fully saturated rings. The summed E-state index contributed by atoms with van der Waals surface area (Å²) in [5.74, 6) is 1.05. The number of hydrogen-bond donors (Lipinski definition) is 1. The van der Waals surface area contributed by atoms with Gasteiger partial charge in [0.2, 0.25) is 0 Å². The SMILES string of the molecule is CCNC(=NCC1CN2CCN1CC2)N1CCOC(C2CCCO2)C1.I. The van der Waals surface area contributed by atoms with E-state index in [1.54, 1.807) is 0 Å². The van der Waals surface area contributed by atoms with Crippen LogP contribution in [-0.2, 0) is 9.47 Å². The number of nitrogens with zero attached hydrogens (tertiary/aromatic N) is 4. The lowest BCUT2D eigenvalue weighted by Gasteiger charge is -2.47. The minimum absolute atomic E-state index is 0.